The highest BCUT2D eigenvalue weighted by molar-refractivity contribution is 6.31. The Balaban J connectivity index is 2.26. The van der Waals surface area contributed by atoms with Crippen LogP contribution in [-0.2, 0) is 6.42 Å². The van der Waals surface area contributed by atoms with Gasteiger partial charge in [0.2, 0.25) is 5.79 Å². The molecule has 0 spiro atoms. The molecule has 2 heterocycles. The second-order valence-electron chi connectivity index (χ2n) is 3.90. The normalized spacial score (nSPS) is 23.1. The Labute approximate surface area is 104 Å². The highest BCUT2D eigenvalue weighted by Gasteiger charge is 2.27. The molecule has 1 aliphatic rings. The van der Waals surface area contributed by atoms with Crippen LogP contribution in [0, 0.1) is 6.92 Å². The molecule has 17 heavy (non-hydrogen) atoms. The van der Waals surface area contributed by atoms with Crippen LogP contribution >= 0.6 is 11.6 Å². The van der Waals surface area contributed by atoms with Crippen LogP contribution in [0.2, 0.25) is 5.02 Å². The van der Waals surface area contributed by atoms with Crippen LogP contribution in [-0.4, -0.2) is 23.1 Å². The predicted octanol–water partition coefficient (Wildman–Crippen LogP) is 0.145. The number of hydrogen-bond acceptors (Lipinski definition) is 6. The fourth-order valence-electron chi connectivity index (χ4n) is 1.50. The third-order valence-corrected chi connectivity index (χ3v) is 2.62. The number of pyridine rings is 1. The molecule has 1 unspecified atom stereocenters. The van der Waals surface area contributed by atoms with E-state index in [4.69, 9.17) is 23.1 Å². The smallest absolute Gasteiger partial charge is 0.213 e. The molecule has 0 radical (unpaired) electrons. The lowest BCUT2D eigenvalue weighted by molar-refractivity contribution is 0.455. The molecule has 0 amide bonds. The monoisotopic (exact) mass is 252 g/mol. The Kier molecular flexibility index (Phi) is 2.99. The van der Waals surface area contributed by atoms with E-state index in [9.17, 15) is 0 Å². The number of rotatable bonds is 2. The van der Waals surface area contributed by atoms with Crippen molar-refractivity contribution in [1.82, 2.24) is 10.3 Å². The second kappa shape index (κ2) is 4.31. The third-order valence-electron chi connectivity index (χ3n) is 2.30. The number of guanidine groups is 1. The third kappa shape index (κ3) is 2.72. The summed E-state index contributed by atoms with van der Waals surface area (Å²) in [4.78, 5) is 12.3. The van der Waals surface area contributed by atoms with E-state index in [-0.39, 0.29) is 5.96 Å². The van der Waals surface area contributed by atoms with Crippen LogP contribution in [0.15, 0.2) is 22.2 Å². The lowest BCUT2D eigenvalue weighted by Gasteiger charge is -2.24. The van der Waals surface area contributed by atoms with Crippen LogP contribution < -0.4 is 16.8 Å². The van der Waals surface area contributed by atoms with Gasteiger partial charge >= 0.3 is 0 Å². The molecular formula is C10H13ClN6. The first-order valence-electron chi connectivity index (χ1n) is 5.04. The van der Waals surface area contributed by atoms with Gasteiger partial charge in [0.1, 0.15) is 0 Å². The standard InChI is InChI=1S/C10H13ClN6/c1-6-2-7(11)8(14-4-6)3-10(13)16-5-15-9(12)17-10/h2,4-5H,3,13H2,1H3,(H3,12,15,16,17). The van der Waals surface area contributed by atoms with E-state index >= 15 is 0 Å². The molecule has 7 heteroatoms. The van der Waals surface area contributed by atoms with Crippen molar-refractivity contribution in [2.75, 3.05) is 0 Å². The van der Waals surface area contributed by atoms with Crippen molar-refractivity contribution in [2.24, 2.45) is 21.5 Å². The summed E-state index contributed by atoms with van der Waals surface area (Å²) < 4.78 is 0. The van der Waals surface area contributed by atoms with Crippen LogP contribution in [0.3, 0.4) is 0 Å². The van der Waals surface area contributed by atoms with Crippen LogP contribution in [0.5, 0.6) is 0 Å². The number of aryl methyl sites for hydroxylation is 1. The first-order chi connectivity index (χ1) is 7.98. The summed E-state index contributed by atoms with van der Waals surface area (Å²) in [7, 11) is 0. The van der Waals surface area contributed by atoms with Gasteiger partial charge in [-0.15, -0.1) is 0 Å². The van der Waals surface area contributed by atoms with Crippen molar-refractivity contribution < 1.29 is 0 Å². The minimum Gasteiger partial charge on any atom is -0.370 e. The number of nitrogens with two attached hydrogens (primary N) is 2. The average molecular weight is 253 g/mol. The highest BCUT2D eigenvalue weighted by atomic mass is 35.5. The van der Waals surface area contributed by atoms with Gasteiger partial charge in [0, 0.05) is 6.20 Å². The molecule has 5 N–H and O–H groups in total. The Bertz CT molecular complexity index is 498. The zero-order chi connectivity index (χ0) is 12.5. The second-order valence-corrected chi connectivity index (χ2v) is 4.30. The number of aromatic nitrogens is 1. The van der Waals surface area contributed by atoms with Gasteiger partial charge in [-0.05, 0) is 18.6 Å². The maximum Gasteiger partial charge on any atom is 0.213 e. The summed E-state index contributed by atoms with van der Waals surface area (Å²) in [6.45, 7) is 1.92. The maximum absolute atomic E-state index is 6.08. The molecule has 0 saturated heterocycles. The van der Waals surface area contributed by atoms with E-state index in [0.29, 0.717) is 17.1 Å². The van der Waals surface area contributed by atoms with Crippen molar-refractivity contribution in [3.63, 3.8) is 0 Å². The van der Waals surface area contributed by atoms with Crippen molar-refractivity contribution in [2.45, 2.75) is 19.1 Å². The summed E-state index contributed by atoms with van der Waals surface area (Å²) >= 11 is 6.08. The summed E-state index contributed by atoms with van der Waals surface area (Å²) in [5.74, 6) is -0.910. The molecule has 0 bridgehead atoms. The largest absolute Gasteiger partial charge is 0.370 e. The van der Waals surface area contributed by atoms with Gasteiger partial charge in [-0.2, -0.15) is 0 Å². The van der Waals surface area contributed by atoms with Gasteiger partial charge in [-0.25, -0.2) is 9.98 Å². The molecule has 1 aromatic heterocycles. The van der Waals surface area contributed by atoms with E-state index < -0.39 is 5.79 Å². The van der Waals surface area contributed by atoms with E-state index in [2.05, 4.69) is 20.3 Å². The van der Waals surface area contributed by atoms with Gasteiger partial charge in [-0.3, -0.25) is 10.7 Å². The van der Waals surface area contributed by atoms with Crippen LogP contribution in [0.4, 0.5) is 0 Å². The lowest BCUT2D eigenvalue weighted by Crippen LogP contribution is -2.47. The summed E-state index contributed by atoms with van der Waals surface area (Å²) in [6, 6.07) is 1.82. The fourth-order valence-corrected chi connectivity index (χ4v) is 1.79. The SMILES string of the molecule is Cc1cnc(CC2(N)N=CNC(N)=N2)c(Cl)c1. The molecule has 0 saturated carbocycles. The first-order valence-corrected chi connectivity index (χ1v) is 5.42. The van der Waals surface area contributed by atoms with E-state index in [0.717, 1.165) is 5.56 Å². The Morgan fingerprint density at radius 1 is 1.53 bits per heavy atom. The molecule has 0 aromatic carbocycles. The molecule has 1 aromatic rings. The van der Waals surface area contributed by atoms with Gasteiger partial charge < -0.3 is 11.1 Å². The zero-order valence-corrected chi connectivity index (χ0v) is 10.1. The average Bonchev–Trinajstić information content (AvgIpc) is 2.22. The first kappa shape index (κ1) is 11.8. The van der Waals surface area contributed by atoms with E-state index in [1.165, 1.54) is 6.34 Å². The predicted molar refractivity (Wildman–Crippen MR) is 67.9 cm³/mol. The quantitative estimate of drug-likeness (QED) is 0.697. The number of nitrogens with zero attached hydrogens (tertiary/aromatic N) is 3. The highest BCUT2D eigenvalue weighted by Crippen LogP contribution is 2.21. The van der Waals surface area contributed by atoms with Crippen LogP contribution in [0.25, 0.3) is 0 Å². The van der Waals surface area contributed by atoms with Crippen molar-refractivity contribution in [3.8, 4) is 0 Å². The summed E-state index contributed by atoms with van der Waals surface area (Å²) in [5, 5.41) is 3.20. The van der Waals surface area contributed by atoms with Crippen molar-refractivity contribution in [1.29, 1.82) is 0 Å². The molecule has 90 valence electrons. The molecule has 1 aliphatic heterocycles. The van der Waals surface area contributed by atoms with Gasteiger partial charge in [0.25, 0.3) is 0 Å². The Morgan fingerprint density at radius 2 is 2.29 bits per heavy atom. The Hall–Kier alpha value is -1.66. The number of halogens is 1. The molecule has 0 aliphatic carbocycles. The van der Waals surface area contributed by atoms with E-state index in [1.54, 1.807) is 6.20 Å². The molecule has 0 fully saturated rings. The maximum atomic E-state index is 6.08. The van der Waals surface area contributed by atoms with Gasteiger partial charge in [0.15, 0.2) is 5.96 Å². The molecule has 6 nitrogen and oxygen atoms in total. The van der Waals surface area contributed by atoms with E-state index in [1.807, 2.05) is 13.0 Å². The van der Waals surface area contributed by atoms with Gasteiger partial charge in [-0.1, -0.05) is 11.6 Å². The fraction of sp³-hybridized carbons (Fsp3) is 0.300. The minimum absolute atomic E-state index is 0.228. The lowest BCUT2D eigenvalue weighted by atomic mass is 10.1. The molecular weight excluding hydrogens is 240 g/mol. The summed E-state index contributed by atoms with van der Waals surface area (Å²) in [5.41, 5.74) is 13.2. The number of aliphatic imine (C=N–C) groups is 2. The summed E-state index contributed by atoms with van der Waals surface area (Å²) in [6.07, 6.45) is 3.44. The Morgan fingerprint density at radius 3 is 2.94 bits per heavy atom. The number of hydrogen-bond donors (Lipinski definition) is 3. The van der Waals surface area contributed by atoms with Crippen molar-refractivity contribution in [3.05, 3.63) is 28.5 Å². The molecule has 1 atom stereocenters. The number of nitrogens with one attached hydrogen (secondary N) is 1. The van der Waals surface area contributed by atoms with Crippen molar-refractivity contribution >= 4 is 23.9 Å². The van der Waals surface area contributed by atoms with Crippen LogP contribution in [0.1, 0.15) is 11.3 Å². The van der Waals surface area contributed by atoms with Gasteiger partial charge in [0.05, 0.1) is 23.5 Å². The topological polar surface area (TPSA) is 102 Å². The molecule has 2 rings (SSSR count). The zero-order valence-electron chi connectivity index (χ0n) is 9.31. The minimum atomic E-state index is -1.14.